The SMILES string of the molecule is CNC(=O)c1c(-c2ccc(F)cc2CNC(=O)c2c(-c3ccc(F)cc3)oc3cc(NS(C)(=O)=O)c(C=CC(=O)OC(C)(C)C)cc23)oc2ccc(-c3cccc(C(N)=O)c3)cc12. The van der Waals surface area contributed by atoms with E-state index in [-0.39, 0.29) is 62.5 Å². The van der Waals surface area contributed by atoms with Crippen LogP contribution in [0.2, 0.25) is 0 Å². The number of hydrogen-bond donors (Lipinski definition) is 4. The van der Waals surface area contributed by atoms with Gasteiger partial charge in [0.2, 0.25) is 15.9 Å². The number of primary amides is 1. The molecular formula is C47H40F2N4O9S. The third-order valence-electron chi connectivity index (χ3n) is 9.67. The van der Waals surface area contributed by atoms with Crippen LogP contribution < -0.4 is 21.1 Å². The van der Waals surface area contributed by atoms with Gasteiger partial charge >= 0.3 is 5.97 Å². The van der Waals surface area contributed by atoms with Gasteiger partial charge in [0.05, 0.1) is 23.1 Å². The summed E-state index contributed by atoms with van der Waals surface area (Å²) in [6, 6.07) is 23.6. The Bertz CT molecular complexity index is 3130. The topological polar surface area (TPSA) is 200 Å². The molecule has 7 aromatic rings. The fourth-order valence-corrected chi connectivity index (χ4v) is 7.55. The first kappa shape index (κ1) is 43.5. The number of amides is 3. The van der Waals surface area contributed by atoms with Crippen LogP contribution in [0.4, 0.5) is 14.5 Å². The lowest BCUT2D eigenvalue weighted by atomic mass is 9.97. The van der Waals surface area contributed by atoms with Crippen molar-refractivity contribution in [2.24, 2.45) is 5.73 Å². The third-order valence-corrected chi connectivity index (χ3v) is 10.3. The van der Waals surface area contributed by atoms with Gasteiger partial charge in [-0.1, -0.05) is 18.2 Å². The summed E-state index contributed by atoms with van der Waals surface area (Å²) in [4.78, 5) is 52.6. The van der Waals surface area contributed by atoms with E-state index in [0.717, 1.165) is 12.3 Å². The minimum Gasteiger partial charge on any atom is -0.457 e. The van der Waals surface area contributed by atoms with Crippen molar-refractivity contribution in [1.29, 1.82) is 0 Å². The summed E-state index contributed by atoms with van der Waals surface area (Å²) >= 11 is 0. The maximum atomic E-state index is 15.1. The molecule has 5 N–H and O–H groups in total. The van der Waals surface area contributed by atoms with E-state index in [2.05, 4.69) is 15.4 Å². The van der Waals surface area contributed by atoms with Crippen molar-refractivity contribution in [2.45, 2.75) is 32.9 Å². The maximum absolute atomic E-state index is 15.1. The Morgan fingerprint density at radius 2 is 1.41 bits per heavy atom. The van der Waals surface area contributed by atoms with E-state index in [0.29, 0.717) is 33.2 Å². The molecule has 0 aliphatic heterocycles. The molecule has 0 aliphatic rings. The van der Waals surface area contributed by atoms with Crippen molar-refractivity contribution in [3.63, 3.8) is 0 Å². The highest BCUT2D eigenvalue weighted by molar-refractivity contribution is 7.92. The minimum absolute atomic E-state index is 0.00287. The first-order valence-electron chi connectivity index (χ1n) is 19.3. The Kier molecular flexibility index (Phi) is 11.8. The van der Waals surface area contributed by atoms with E-state index in [1.807, 2.05) is 0 Å². The van der Waals surface area contributed by atoms with Gasteiger partial charge in [-0.15, -0.1) is 0 Å². The number of benzene rings is 5. The number of halogens is 2. The maximum Gasteiger partial charge on any atom is 0.331 e. The molecule has 0 saturated heterocycles. The molecule has 2 heterocycles. The highest BCUT2D eigenvalue weighted by Gasteiger charge is 2.27. The van der Waals surface area contributed by atoms with E-state index in [9.17, 15) is 32.0 Å². The number of anilines is 1. The van der Waals surface area contributed by atoms with Gasteiger partial charge in [-0.25, -0.2) is 22.0 Å². The molecule has 7 rings (SSSR count). The molecule has 0 fully saturated rings. The van der Waals surface area contributed by atoms with Gasteiger partial charge in [-0.05, 0) is 122 Å². The number of carbonyl (C=O) groups excluding carboxylic acids is 4. The Balaban J connectivity index is 1.32. The highest BCUT2D eigenvalue weighted by Crippen LogP contribution is 2.40. The van der Waals surface area contributed by atoms with Crippen molar-refractivity contribution >= 4 is 67.4 Å². The number of furan rings is 2. The van der Waals surface area contributed by atoms with Gasteiger partial charge in [0, 0.05) is 53.2 Å². The van der Waals surface area contributed by atoms with Crippen LogP contribution in [0.1, 0.15) is 63.0 Å². The molecule has 0 aliphatic carbocycles. The summed E-state index contributed by atoms with van der Waals surface area (Å²) in [7, 11) is -2.41. The number of nitrogens with one attached hydrogen (secondary N) is 3. The quantitative estimate of drug-likeness (QED) is 0.0686. The van der Waals surface area contributed by atoms with Gasteiger partial charge in [0.15, 0.2) is 0 Å². The summed E-state index contributed by atoms with van der Waals surface area (Å²) in [6.45, 7) is 4.75. The summed E-state index contributed by atoms with van der Waals surface area (Å²) in [5.74, 6) is -3.67. The number of esters is 1. The van der Waals surface area contributed by atoms with E-state index >= 15 is 4.39 Å². The Morgan fingerprint density at radius 3 is 2.10 bits per heavy atom. The standard InChI is InChI=1S/C47H40F2N4O9S/c1-47(2,3)62-39(54)18-12-28-22-35-38(23-36(28)53-63(5,58)59)61-42(25-9-13-31(48)14-10-25)40(35)46(57)52-24-30-20-32(49)15-16-33(30)43-41(45(56)51-4)34-21-27(11-17-37(34)60-43)26-7-6-8-29(19-26)44(50)55/h6-23,53H,24H2,1-5H3,(H2,50,55)(H,51,56)(H,52,57). The highest BCUT2D eigenvalue weighted by atomic mass is 32.2. The van der Waals surface area contributed by atoms with Gasteiger partial charge in [0.1, 0.15) is 39.9 Å². The van der Waals surface area contributed by atoms with Gasteiger partial charge in [-0.3, -0.25) is 19.1 Å². The number of sulfonamides is 1. The predicted molar refractivity (Wildman–Crippen MR) is 235 cm³/mol. The van der Waals surface area contributed by atoms with Crippen molar-refractivity contribution in [1.82, 2.24) is 10.6 Å². The Morgan fingerprint density at radius 1 is 0.762 bits per heavy atom. The smallest absolute Gasteiger partial charge is 0.331 e. The van der Waals surface area contributed by atoms with E-state index in [1.165, 1.54) is 67.7 Å². The summed E-state index contributed by atoms with van der Waals surface area (Å²) < 4.78 is 74.3. The summed E-state index contributed by atoms with van der Waals surface area (Å²) in [6.07, 6.45) is 3.38. The average Bonchev–Trinajstić information content (AvgIpc) is 3.79. The van der Waals surface area contributed by atoms with Crippen LogP contribution in [-0.4, -0.2) is 51.0 Å². The molecule has 0 radical (unpaired) electrons. The number of hydrogen-bond acceptors (Lipinski definition) is 9. The lowest BCUT2D eigenvalue weighted by Gasteiger charge is -2.18. The molecule has 5 aromatic carbocycles. The first-order chi connectivity index (χ1) is 29.8. The monoisotopic (exact) mass is 874 g/mol. The van der Waals surface area contributed by atoms with Crippen molar-refractivity contribution in [2.75, 3.05) is 18.0 Å². The molecule has 0 bridgehead atoms. The van der Waals surface area contributed by atoms with Crippen molar-refractivity contribution in [3.05, 3.63) is 143 Å². The number of rotatable bonds is 12. The molecule has 322 valence electrons. The molecule has 2 aromatic heterocycles. The second-order valence-corrected chi connectivity index (χ2v) is 17.3. The van der Waals surface area contributed by atoms with Gasteiger partial charge in [0.25, 0.3) is 11.8 Å². The summed E-state index contributed by atoms with van der Waals surface area (Å²) in [5, 5.41) is 6.06. The van der Waals surface area contributed by atoms with Crippen molar-refractivity contribution in [3.8, 4) is 33.8 Å². The number of nitrogens with two attached hydrogens (primary N) is 1. The molecule has 3 amide bonds. The molecule has 16 heteroatoms. The Labute approximate surface area is 360 Å². The zero-order chi connectivity index (χ0) is 45.4. The van der Waals surface area contributed by atoms with Crippen LogP contribution >= 0.6 is 0 Å². The van der Waals surface area contributed by atoms with Crippen LogP contribution in [0.3, 0.4) is 0 Å². The van der Waals surface area contributed by atoms with E-state index in [1.54, 1.807) is 63.2 Å². The van der Waals surface area contributed by atoms with Crippen LogP contribution in [-0.2, 0) is 26.1 Å². The molecule has 0 atom stereocenters. The number of carbonyl (C=O) groups is 4. The first-order valence-corrected chi connectivity index (χ1v) is 21.2. The lowest BCUT2D eigenvalue weighted by Crippen LogP contribution is -2.24. The van der Waals surface area contributed by atoms with Crippen LogP contribution in [0.15, 0.2) is 112 Å². The minimum atomic E-state index is -3.86. The normalized spacial score (nSPS) is 11.9. The van der Waals surface area contributed by atoms with Crippen LogP contribution in [0.25, 0.3) is 61.8 Å². The molecule has 0 unspecified atom stereocenters. The van der Waals surface area contributed by atoms with E-state index < -0.39 is 50.9 Å². The van der Waals surface area contributed by atoms with Crippen LogP contribution in [0.5, 0.6) is 0 Å². The zero-order valence-electron chi connectivity index (χ0n) is 34.5. The largest absolute Gasteiger partial charge is 0.457 e. The summed E-state index contributed by atoms with van der Waals surface area (Å²) in [5.41, 5.74) is 7.75. The molecule has 13 nitrogen and oxygen atoms in total. The molecule has 0 spiro atoms. The molecule has 0 saturated carbocycles. The fourth-order valence-electron chi connectivity index (χ4n) is 6.97. The van der Waals surface area contributed by atoms with Crippen LogP contribution in [0, 0.1) is 11.6 Å². The Hall–Kier alpha value is -7.59. The molecular weight excluding hydrogens is 835 g/mol. The second-order valence-electron chi connectivity index (χ2n) is 15.5. The molecule has 63 heavy (non-hydrogen) atoms. The number of fused-ring (bicyclic) bond motifs is 2. The van der Waals surface area contributed by atoms with Gasteiger partial charge < -0.3 is 29.9 Å². The fraction of sp³-hybridized carbons (Fsp3) is 0.149. The number of ether oxygens (including phenoxy) is 1. The third kappa shape index (κ3) is 9.66. The van der Waals surface area contributed by atoms with E-state index in [4.69, 9.17) is 19.3 Å². The predicted octanol–water partition coefficient (Wildman–Crippen LogP) is 8.57. The van der Waals surface area contributed by atoms with Crippen molar-refractivity contribution < 1.29 is 49.9 Å². The van der Waals surface area contributed by atoms with Gasteiger partial charge in [-0.2, -0.15) is 0 Å². The lowest BCUT2D eigenvalue weighted by molar-refractivity contribution is -0.148. The average molecular weight is 875 g/mol. The second kappa shape index (κ2) is 17.1. The zero-order valence-corrected chi connectivity index (χ0v) is 35.3.